The van der Waals surface area contributed by atoms with Crippen molar-refractivity contribution in [2.24, 2.45) is 5.92 Å². The summed E-state index contributed by atoms with van der Waals surface area (Å²) in [6.45, 7) is 1.25. The lowest BCUT2D eigenvalue weighted by Gasteiger charge is -2.34. The van der Waals surface area contributed by atoms with Gasteiger partial charge < -0.3 is 9.47 Å². The van der Waals surface area contributed by atoms with Crippen molar-refractivity contribution in [3.63, 3.8) is 0 Å². The Morgan fingerprint density at radius 1 is 1.20 bits per heavy atom. The normalized spacial score (nSPS) is 23.9. The Hall–Kier alpha value is -0.870. The maximum absolute atomic E-state index is 12.9. The molecule has 2 aliphatic rings. The van der Waals surface area contributed by atoms with Gasteiger partial charge in [0.1, 0.15) is 4.90 Å². The molecular weight excluding hydrogens is 383 g/mol. The van der Waals surface area contributed by atoms with Crippen molar-refractivity contribution in [3.8, 4) is 0 Å². The van der Waals surface area contributed by atoms with E-state index in [-0.39, 0.29) is 24.0 Å². The molecule has 0 aromatic heterocycles. The fourth-order valence-electron chi connectivity index (χ4n) is 3.08. The van der Waals surface area contributed by atoms with E-state index in [1.807, 2.05) is 0 Å². The van der Waals surface area contributed by atoms with Crippen molar-refractivity contribution in [2.75, 3.05) is 26.3 Å². The molecule has 1 aromatic carbocycles. The van der Waals surface area contributed by atoms with Crippen LogP contribution in [0.1, 0.15) is 18.4 Å². The van der Waals surface area contributed by atoms with Gasteiger partial charge in [0, 0.05) is 19.0 Å². The smallest absolute Gasteiger partial charge is 0.350 e. The van der Waals surface area contributed by atoms with Gasteiger partial charge in [-0.2, -0.15) is 17.5 Å². The molecule has 2 aliphatic heterocycles. The molecule has 1 atom stereocenters. The molecule has 2 heterocycles. The van der Waals surface area contributed by atoms with Crippen molar-refractivity contribution in [1.82, 2.24) is 4.31 Å². The number of hydrogen-bond donors (Lipinski definition) is 0. The number of alkyl halides is 3. The number of benzene rings is 1. The molecule has 0 saturated carbocycles. The molecule has 0 spiro atoms. The molecule has 10 heteroatoms. The molecule has 140 valence electrons. The first-order chi connectivity index (χ1) is 11.7. The summed E-state index contributed by atoms with van der Waals surface area (Å²) < 4.78 is 76.4. The van der Waals surface area contributed by atoms with E-state index < -0.39 is 32.9 Å². The standard InChI is InChI=1S/C15H17ClF3NO4S/c16-12-4-3-11(15(17,18)19)8-13(12)25(21,22)20-5-1-2-10(9-20)14-23-6-7-24-14/h3-4,8,10,14H,1-2,5-7,9H2/t10-/m1/s1. The van der Waals surface area contributed by atoms with Gasteiger partial charge in [-0.3, -0.25) is 0 Å². The second kappa shape index (κ2) is 7.03. The highest BCUT2D eigenvalue weighted by atomic mass is 35.5. The Labute approximate surface area is 148 Å². The minimum absolute atomic E-state index is 0.125. The predicted octanol–water partition coefficient (Wildman–Crippen LogP) is 3.13. The molecule has 0 radical (unpaired) electrons. The predicted molar refractivity (Wildman–Crippen MR) is 83.6 cm³/mol. The largest absolute Gasteiger partial charge is 0.416 e. The minimum atomic E-state index is -4.65. The van der Waals surface area contributed by atoms with Crippen LogP contribution < -0.4 is 0 Å². The van der Waals surface area contributed by atoms with E-state index in [1.165, 1.54) is 0 Å². The van der Waals surface area contributed by atoms with E-state index in [9.17, 15) is 21.6 Å². The molecule has 0 N–H and O–H groups in total. The van der Waals surface area contributed by atoms with Gasteiger partial charge in [0.15, 0.2) is 6.29 Å². The van der Waals surface area contributed by atoms with Gasteiger partial charge in [0.05, 0.1) is 23.8 Å². The van der Waals surface area contributed by atoms with Gasteiger partial charge >= 0.3 is 6.18 Å². The number of ether oxygens (including phenoxy) is 2. The quantitative estimate of drug-likeness (QED) is 0.783. The maximum Gasteiger partial charge on any atom is 0.416 e. The first-order valence-electron chi connectivity index (χ1n) is 7.80. The third kappa shape index (κ3) is 3.95. The van der Waals surface area contributed by atoms with Crippen LogP contribution in [-0.2, 0) is 25.7 Å². The van der Waals surface area contributed by atoms with Crippen LogP contribution in [0.2, 0.25) is 5.02 Å². The Morgan fingerprint density at radius 3 is 2.52 bits per heavy atom. The van der Waals surface area contributed by atoms with Crippen LogP contribution in [0, 0.1) is 5.92 Å². The third-order valence-electron chi connectivity index (χ3n) is 4.33. The van der Waals surface area contributed by atoms with Crippen molar-refractivity contribution in [3.05, 3.63) is 28.8 Å². The second-order valence-electron chi connectivity index (χ2n) is 6.02. The summed E-state index contributed by atoms with van der Waals surface area (Å²) in [5, 5.41) is -0.233. The highest BCUT2D eigenvalue weighted by molar-refractivity contribution is 7.89. The SMILES string of the molecule is O=S(=O)(c1cc(C(F)(F)F)ccc1Cl)N1CCC[C@@H](C2OCCO2)C1. The van der Waals surface area contributed by atoms with Gasteiger partial charge in [0.25, 0.3) is 0 Å². The number of halogens is 4. The summed E-state index contributed by atoms with van der Waals surface area (Å²) in [7, 11) is -4.15. The lowest BCUT2D eigenvalue weighted by molar-refractivity contribution is -0.137. The monoisotopic (exact) mass is 399 g/mol. The highest BCUT2D eigenvalue weighted by Crippen LogP contribution is 2.36. The van der Waals surface area contributed by atoms with Crippen molar-refractivity contribution in [1.29, 1.82) is 0 Å². The molecule has 25 heavy (non-hydrogen) atoms. The fraction of sp³-hybridized carbons (Fsp3) is 0.600. The van der Waals surface area contributed by atoms with Crippen LogP contribution in [0.5, 0.6) is 0 Å². The van der Waals surface area contributed by atoms with E-state index in [0.717, 1.165) is 22.9 Å². The summed E-state index contributed by atoms with van der Waals surface area (Å²) in [6, 6.07) is 2.31. The summed E-state index contributed by atoms with van der Waals surface area (Å²) in [5.74, 6) is -0.157. The molecule has 0 bridgehead atoms. The highest BCUT2D eigenvalue weighted by Gasteiger charge is 2.38. The molecule has 5 nitrogen and oxygen atoms in total. The van der Waals surface area contributed by atoms with E-state index in [0.29, 0.717) is 25.7 Å². The minimum Gasteiger partial charge on any atom is -0.350 e. The number of hydrogen-bond acceptors (Lipinski definition) is 4. The zero-order valence-corrected chi connectivity index (χ0v) is 14.7. The summed E-state index contributed by atoms with van der Waals surface area (Å²) in [5.41, 5.74) is -1.05. The first-order valence-corrected chi connectivity index (χ1v) is 9.61. The molecule has 3 rings (SSSR count). The molecule has 2 saturated heterocycles. The first kappa shape index (κ1) is 18.9. The molecule has 0 aliphatic carbocycles. The van der Waals surface area contributed by atoms with E-state index in [1.54, 1.807) is 0 Å². The third-order valence-corrected chi connectivity index (χ3v) is 6.68. The molecule has 1 aromatic rings. The van der Waals surface area contributed by atoms with Gasteiger partial charge in [-0.15, -0.1) is 0 Å². The van der Waals surface area contributed by atoms with Crippen LogP contribution in [0.25, 0.3) is 0 Å². The fourth-order valence-corrected chi connectivity index (χ4v) is 5.12. The molecular formula is C15H17ClF3NO4S. The van der Waals surface area contributed by atoms with E-state index in [4.69, 9.17) is 21.1 Å². The average Bonchev–Trinajstić information content (AvgIpc) is 3.08. The lowest BCUT2D eigenvalue weighted by Crippen LogP contribution is -2.43. The van der Waals surface area contributed by atoms with Crippen LogP contribution in [-0.4, -0.2) is 45.3 Å². The Kier molecular flexibility index (Phi) is 5.32. The number of rotatable bonds is 3. The van der Waals surface area contributed by atoms with Crippen molar-refractivity contribution >= 4 is 21.6 Å². The molecule has 0 amide bonds. The van der Waals surface area contributed by atoms with Crippen LogP contribution in [0.3, 0.4) is 0 Å². The second-order valence-corrected chi connectivity index (χ2v) is 8.33. The lowest BCUT2D eigenvalue weighted by atomic mass is 9.99. The Bertz CT molecular complexity index is 735. The summed E-state index contributed by atoms with van der Waals surface area (Å²) in [4.78, 5) is -0.530. The average molecular weight is 400 g/mol. The van der Waals surface area contributed by atoms with Gasteiger partial charge in [-0.25, -0.2) is 8.42 Å². The molecule has 0 unspecified atom stereocenters. The van der Waals surface area contributed by atoms with Crippen LogP contribution in [0.15, 0.2) is 23.1 Å². The number of piperidine rings is 1. The Balaban J connectivity index is 1.88. The van der Waals surface area contributed by atoms with Gasteiger partial charge in [-0.05, 0) is 31.0 Å². The number of nitrogens with zero attached hydrogens (tertiary/aromatic N) is 1. The zero-order chi connectivity index (χ0) is 18.2. The van der Waals surface area contributed by atoms with Crippen LogP contribution in [0.4, 0.5) is 13.2 Å². The summed E-state index contributed by atoms with van der Waals surface area (Å²) in [6.07, 6.45) is -3.82. The molecule has 2 fully saturated rings. The topological polar surface area (TPSA) is 55.8 Å². The summed E-state index contributed by atoms with van der Waals surface area (Å²) >= 11 is 5.89. The van der Waals surface area contributed by atoms with Crippen molar-refractivity contribution in [2.45, 2.75) is 30.2 Å². The zero-order valence-electron chi connectivity index (χ0n) is 13.1. The number of sulfonamides is 1. The van der Waals surface area contributed by atoms with Crippen LogP contribution >= 0.6 is 11.6 Å². The Morgan fingerprint density at radius 2 is 1.88 bits per heavy atom. The maximum atomic E-state index is 12.9. The van der Waals surface area contributed by atoms with Gasteiger partial charge in [-0.1, -0.05) is 11.6 Å². The van der Waals surface area contributed by atoms with Crippen molar-refractivity contribution < 1.29 is 31.1 Å². The van der Waals surface area contributed by atoms with E-state index in [2.05, 4.69) is 0 Å². The van der Waals surface area contributed by atoms with Gasteiger partial charge in [0.2, 0.25) is 10.0 Å². The van der Waals surface area contributed by atoms with E-state index >= 15 is 0 Å².